The van der Waals surface area contributed by atoms with Gasteiger partial charge in [0.25, 0.3) is 0 Å². The van der Waals surface area contributed by atoms with Crippen LogP contribution in [0.25, 0.3) is 44.7 Å². The Morgan fingerprint density at radius 2 is 1.54 bits per heavy atom. The van der Waals surface area contributed by atoms with Crippen LogP contribution in [0.4, 0.5) is 4.39 Å². The van der Waals surface area contributed by atoms with Crippen LogP contribution >= 0.6 is 11.3 Å². The maximum atomic E-state index is 14.1. The number of benzene rings is 4. The van der Waals surface area contributed by atoms with Crippen molar-refractivity contribution >= 4 is 33.8 Å². The predicted molar refractivity (Wildman–Crippen MR) is 164 cm³/mol. The standard InChI is InChI=1S/C37H29FS/c1-37(2)32-11-4-3-7-27(32)29-19-18-25(28-9-6-12-33(37)35(28)29)22-13-15-23(16-14-22)26-8-5-10-30-31-21-24(38)17-20-34(31)39-36(26)30/h3-4,6-9,11-20,24H,5,10,21H2,1-2H3. The monoisotopic (exact) mass is 524 g/mol. The minimum absolute atomic E-state index is 0.0476. The molecule has 0 aliphatic heterocycles. The Kier molecular flexibility index (Phi) is 4.97. The molecule has 39 heavy (non-hydrogen) atoms. The van der Waals surface area contributed by atoms with Crippen molar-refractivity contribution in [2.24, 2.45) is 0 Å². The van der Waals surface area contributed by atoms with Crippen molar-refractivity contribution in [2.45, 2.75) is 44.7 Å². The molecule has 1 aromatic heterocycles. The van der Waals surface area contributed by atoms with E-state index >= 15 is 0 Å². The lowest BCUT2D eigenvalue weighted by Crippen LogP contribution is -2.23. The summed E-state index contributed by atoms with van der Waals surface area (Å²) in [5, 5.41) is 2.70. The quantitative estimate of drug-likeness (QED) is 0.215. The Hall–Kier alpha value is -3.75. The number of rotatable bonds is 2. The van der Waals surface area contributed by atoms with Crippen LogP contribution in [0.5, 0.6) is 0 Å². The van der Waals surface area contributed by atoms with Gasteiger partial charge in [0.2, 0.25) is 0 Å². The highest BCUT2D eigenvalue weighted by Crippen LogP contribution is 2.50. The van der Waals surface area contributed by atoms with E-state index in [2.05, 4.69) is 98.8 Å². The first-order valence-corrected chi connectivity index (χ1v) is 14.8. The van der Waals surface area contributed by atoms with Gasteiger partial charge in [-0.05, 0) is 91.4 Å². The molecular weight excluding hydrogens is 495 g/mol. The van der Waals surface area contributed by atoms with Gasteiger partial charge in [0, 0.05) is 21.6 Å². The Balaban J connectivity index is 1.23. The molecule has 0 fully saturated rings. The molecule has 3 aliphatic carbocycles. The van der Waals surface area contributed by atoms with E-state index in [0.717, 1.165) is 12.8 Å². The summed E-state index contributed by atoms with van der Waals surface area (Å²) < 4.78 is 14.1. The van der Waals surface area contributed by atoms with E-state index in [1.54, 1.807) is 6.08 Å². The van der Waals surface area contributed by atoms with Crippen LogP contribution in [0.2, 0.25) is 0 Å². The largest absolute Gasteiger partial charge is 0.243 e. The molecule has 190 valence electrons. The molecule has 8 rings (SSSR count). The van der Waals surface area contributed by atoms with Gasteiger partial charge in [-0.15, -0.1) is 11.3 Å². The molecule has 1 heterocycles. The van der Waals surface area contributed by atoms with Gasteiger partial charge in [-0.25, -0.2) is 4.39 Å². The Labute approximate surface area is 233 Å². The number of halogens is 1. The summed E-state index contributed by atoms with van der Waals surface area (Å²) in [7, 11) is 0. The Morgan fingerprint density at radius 1 is 0.769 bits per heavy atom. The van der Waals surface area contributed by atoms with Crippen molar-refractivity contribution in [1.29, 1.82) is 0 Å². The molecule has 2 heteroatoms. The second kappa shape index (κ2) is 8.37. The van der Waals surface area contributed by atoms with Gasteiger partial charge in [0.15, 0.2) is 0 Å². The average molecular weight is 525 g/mol. The fourth-order valence-corrected chi connectivity index (χ4v) is 8.51. The minimum Gasteiger partial charge on any atom is -0.243 e. The van der Waals surface area contributed by atoms with Crippen LogP contribution in [0.15, 0.2) is 91.0 Å². The van der Waals surface area contributed by atoms with E-state index in [1.165, 1.54) is 76.2 Å². The lowest BCUT2D eigenvalue weighted by molar-refractivity contribution is 0.397. The van der Waals surface area contributed by atoms with Gasteiger partial charge in [0.05, 0.1) is 0 Å². The molecule has 3 aliphatic rings. The normalized spacial score (nSPS) is 18.3. The number of alkyl halides is 1. The zero-order chi connectivity index (χ0) is 26.3. The van der Waals surface area contributed by atoms with Crippen molar-refractivity contribution < 1.29 is 4.39 Å². The highest BCUT2D eigenvalue weighted by molar-refractivity contribution is 7.14. The summed E-state index contributed by atoms with van der Waals surface area (Å²) in [6.45, 7) is 4.70. The average Bonchev–Trinajstić information content (AvgIpc) is 3.34. The molecule has 0 nitrogen and oxygen atoms in total. The van der Waals surface area contributed by atoms with Gasteiger partial charge in [0.1, 0.15) is 6.17 Å². The molecule has 4 aromatic carbocycles. The number of hydrogen-bond donors (Lipinski definition) is 0. The lowest BCUT2D eigenvalue weighted by atomic mass is 9.68. The fraction of sp³-hybridized carbons (Fsp3) is 0.189. The molecule has 0 radical (unpaired) electrons. The zero-order valence-corrected chi connectivity index (χ0v) is 23.0. The molecule has 0 bridgehead atoms. The highest BCUT2D eigenvalue weighted by Gasteiger charge is 2.33. The van der Waals surface area contributed by atoms with Crippen LogP contribution in [0.1, 0.15) is 57.8 Å². The van der Waals surface area contributed by atoms with Crippen molar-refractivity contribution in [2.75, 3.05) is 0 Å². The van der Waals surface area contributed by atoms with Gasteiger partial charge in [-0.3, -0.25) is 0 Å². The zero-order valence-electron chi connectivity index (χ0n) is 22.2. The number of allylic oxidation sites excluding steroid dienone is 2. The first kappa shape index (κ1) is 23.2. The molecule has 0 N–H and O–H groups in total. The fourth-order valence-electron chi connectivity index (χ4n) is 7.16. The third-order valence-electron chi connectivity index (χ3n) is 9.10. The first-order chi connectivity index (χ1) is 19.0. The minimum atomic E-state index is -0.856. The van der Waals surface area contributed by atoms with Crippen molar-refractivity contribution in [3.8, 4) is 22.3 Å². The summed E-state index contributed by atoms with van der Waals surface area (Å²) in [6, 6.07) is 29.4. The van der Waals surface area contributed by atoms with Gasteiger partial charge in [-0.1, -0.05) is 98.8 Å². The Bertz CT molecular complexity index is 1860. The molecule has 0 spiro atoms. The number of fused-ring (bicyclic) bond motifs is 5. The third kappa shape index (κ3) is 3.34. The summed E-state index contributed by atoms with van der Waals surface area (Å²) >= 11 is 1.83. The van der Waals surface area contributed by atoms with Crippen LogP contribution in [0, 0.1) is 0 Å². The smallest absolute Gasteiger partial charge is 0.123 e. The van der Waals surface area contributed by atoms with Crippen molar-refractivity contribution in [3.05, 3.63) is 129 Å². The highest BCUT2D eigenvalue weighted by atomic mass is 32.1. The molecule has 0 saturated carbocycles. The molecule has 0 amide bonds. The SMILES string of the molecule is CC1(C)c2ccccc2-c2ccc(-c3ccc(C4=CCCc5c4sc4c5CC(F)C=C4)cc3)c3cccc1c23. The van der Waals surface area contributed by atoms with E-state index in [-0.39, 0.29) is 5.41 Å². The predicted octanol–water partition coefficient (Wildman–Crippen LogP) is 10.2. The molecular formula is C37H29FS. The van der Waals surface area contributed by atoms with Crippen LogP contribution < -0.4 is 0 Å². The van der Waals surface area contributed by atoms with E-state index in [1.807, 2.05) is 17.4 Å². The van der Waals surface area contributed by atoms with Crippen molar-refractivity contribution in [3.63, 3.8) is 0 Å². The molecule has 1 unspecified atom stereocenters. The molecule has 0 saturated heterocycles. The summed E-state index contributed by atoms with van der Waals surface area (Å²) in [6.07, 6.45) is 7.77. The van der Waals surface area contributed by atoms with Crippen LogP contribution in [-0.2, 0) is 18.3 Å². The maximum absolute atomic E-state index is 14.1. The second-order valence-corrected chi connectivity index (χ2v) is 12.7. The third-order valence-corrected chi connectivity index (χ3v) is 10.4. The second-order valence-electron chi connectivity index (χ2n) is 11.6. The maximum Gasteiger partial charge on any atom is 0.123 e. The van der Waals surface area contributed by atoms with E-state index in [4.69, 9.17) is 0 Å². The summed E-state index contributed by atoms with van der Waals surface area (Å²) in [4.78, 5) is 2.58. The summed E-state index contributed by atoms with van der Waals surface area (Å²) in [5.41, 5.74) is 13.1. The lowest BCUT2D eigenvalue weighted by Gasteiger charge is -2.35. The van der Waals surface area contributed by atoms with E-state index in [0.29, 0.717) is 6.42 Å². The van der Waals surface area contributed by atoms with Gasteiger partial charge in [-0.2, -0.15) is 0 Å². The molecule has 1 atom stereocenters. The number of thiophene rings is 1. The summed E-state index contributed by atoms with van der Waals surface area (Å²) in [5.74, 6) is 0. The van der Waals surface area contributed by atoms with Gasteiger partial charge < -0.3 is 0 Å². The first-order valence-electron chi connectivity index (χ1n) is 13.9. The van der Waals surface area contributed by atoms with Crippen LogP contribution in [-0.4, -0.2) is 6.17 Å². The molecule has 5 aromatic rings. The number of hydrogen-bond acceptors (Lipinski definition) is 1. The van der Waals surface area contributed by atoms with E-state index < -0.39 is 6.17 Å². The Morgan fingerprint density at radius 3 is 2.41 bits per heavy atom. The van der Waals surface area contributed by atoms with Gasteiger partial charge >= 0.3 is 0 Å². The van der Waals surface area contributed by atoms with Crippen LogP contribution in [0.3, 0.4) is 0 Å². The van der Waals surface area contributed by atoms with E-state index in [9.17, 15) is 4.39 Å². The van der Waals surface area contributed by atoms with Crippen molar-refractivity contribution in [1.82, 2.24) is 0 Å². The topological polar surface area (TPSA) is 0 Å².